The lowest BCUT2D eigenvalue weighted by Gasteiger charge is -2.07. The number of aryl methyl sites for hydroxylation is 1. The predicted octanol–water partition coefficient (Wildman–Crippen LogP) is 1.06. The Morgan fingerprint density at radius 2 is 2.12 bits per heavy atom. The van der Waals surface area contributed by atoms with Gasteiger partial charge in [-0.2, -0.15) is 0 Å². The summed E-state index contributed by atoms with van der Waals surface area (Å²) in [5, 5.41) is 1.68. The second kappa shape index (κ2) is 3.97. The lowest BCUT2D eigenvalue weighted by Crippen LogP contribution is -1.98. The third kappa shape index (κ3) is 1.92. The molecular weight excluding hydrogens is 226 g/mol. The zero-order chi connectivity index (χ0) is 11.7. The van der Waals surface area contributed by atoms with Crippen molar-refractivity contribution in [3.05, 3.63) is 30.0 Å². The van der Waals surface area contributed by atoms with Crippen molar-refractivity contribution in [2.75, 3.05) is 10.5 Å². The highest BCUT2D eigenvalue weighted by Gasteiger charge is 2.04. The van der Waals surface area contributed by atoms with Crippen LogP contribution in [0.5, 0.6) is 0 Å². The fourth-order valence-corrected chi connectivity index (χ4v) is 2.01. The molecule has 0 spiro atoms. The van der Waals surface area contributed by atoms with Gasteiger partial charge in [-0.1, -0.05) is 0 Å². The van der Waals surface area contributed by atoms with Gasteiger partial charge in [0, 0.05) is 11.6 Å². The number of thiol groups is 1. The van der Waals surface area contributed by atoms with Gasteiger partial charge in [0.1, 0.15) is 5.82 Å². The van der Waals surface area contributed by atoms with Crippen LogP contribution >= 0.6 is 0 Å². The molecule has 0 atom stereocenters. The van der Waals surface area contributed by atoms with Gasteiger partial charge in [0.2, 0.25) is 10.9 Å². The van der Waals surface area contributed by atoms with Crippen molar-refractivity contribution >= 4 is 33.2 Å². The number of hydrogen-bond acceptors (Lipinski definition) is 4. The Bertz CT molecular complexity index is 615. The average molecular weight is 237 g/mol. The van der Waals surface area contributed by atoms with Crippen LogP contribution in [0.2, 0.25) is 0 Å². The first-order chi connectivity index (χ1) is 7.58. The van der Waals surface area contributed by atoms with Crippen molar-refractivity contribution in [2.24, 2.45) is 0 Å². The zero-order valence-electron chi connectivity index (χ0n) is 8.60. The Kier molecular flexibility index (Phi) is 2.66. The van der Waals surface area contributed by atoms with Gasteiger partial charge in [-0.25, -0.2) is 13.4 Å². The fourth-order valence-electron chi connectivity index (χ4n) is 1.57. The standard InChI is InChI=1S/C10H11N3O2S/c1-6-4-8-7(2-3-12-10(8)11)5-9(6)13-16(14)15/h2-5,16H,1H3,(H2,11,12)(H,13,14,15). The van der Waals surface area contributed by atoms with E-state index in [9.17, 15) is 8.42 Å². The maximum absolute atomic E-state index is 10.6. The van der Waals surface area contributed by atoms with Crippen molar-refractivity contribution in [2.45, 2.75) is 6.92 Å². The first-order valence-corrected chi connectivity index (χ1v) is 5.81. The van der Waals surface area contributed by atoms with Crippen LogP contribution in [0.15, 0.2) is 24.4 Å². The van der Waals surface area contributed by atoms with Gasteiger partial charge in [0.15, 0.2) is 0 Å². The summed E-state index contributed by atoms with van der Waals surface area (Å²) >= 11 is 0. The van der Waals surface area contributed by atoms with Crippen molar-refractivity contribution in [3.63, 3.8) is 0 Å². The fraction of sp³-hybridized carbons (Fsp3) is 0.100. The van der Waals surface area contributed by atoms with Gasteiger partial charge >= 0.3 is 0 Å². The van der Waals surface area contributed by atoms with Crippen LogP contribution in [-0.2, 0) is 10.9 Å². The average Bonchev–Trinajstić information content (AvgIpc) is 2.20. The maximum atomic E-state index is 10.6. The van der Waals surface area contributed by atoms with Crippen LogP contribution in [0.4, 0.5) is 11.5 Å². The summed E-state index contributed by atoms with van der Waals surface area (Å²) in [5.74, 6) is 0.443. The topological polar surface area (TPSA) is 85.1 Å². The SMILES string of the molecule is Cc1cc2c(N)nccc2cc1N[SH](=O)=O. The summed E-state index contributed by atoms with van der Waals surface area (Å²) < 4.78 is 23.6. The second-order valence-electron chi connectivity index (χ2n) is 3.45. The molecule has 0 aliphatic carbocycles. The highest BCUT2D eigenvalue weighted by molar-refractivity contribution is 7.73. The van der Waals surface area contributed by atoms with Crippen LogP contribution in [0.1, 0.15) is 5.56 Å². The summed E-state index contributed by atoms with van der Waals surface area (Å²) in [7, 11) is -2.65. The minimum absolute atomic E-state index is 0.443. The first-order valence-electron chi connectivity index (χ1n) is 4.64. The number of nitrogen functional groups attached to an aromatic ring is 1. The number of nitrogens with zero attached hydrogens (tertiary/aromatic N) is 1. The molecule has 0 aliphatic heterocycles. The number of rotatable bonds is 2. The van der Waals surface area contributed by atoms with Crippen molar-refractivity contribution < 1.29 is 8.42 Å². The first kappa shape index (κ1) is 10.7. The zero-order valence-corrected chi connectivity index (χ0v) is 9.49. The molecule has 5 nitrogen and oxygen atoms in total. The number of nitrogens with two attached hydrogens (primary N) is 1. The van der Waals surface area contributed by atoms with Crippen molar-refractivity contribution in [3.8, 4) is 0 Å². The van der Waals surface area contributed by atoms with E-state index < -0.39 is 10.9 Å². The summed E-state index contributed by atoms with van der Waals surface area (Å²) in [6.45, 7) is 1.81. The van der Waals surface area contributed by atoms with Gasteiger partial charge in [0.25, 0.3) is 0 Å². The molecule has 6 heteroatoms. The molecule has 0 unspecified atom stereocenters. The molecule has 84 valence electrons. The van der Waals surface area contributed by atoms with Gasteiger partial charge in [-0.3, -0.25) is 4.72 Å². The van der Waals surface area contributed by atoms with E-state index in [-0.39, 0.29) is 0 Å². The van der Waals surface area contributed by atoms with Gasteiger partial charge in [0.05, 0.1) is 5.69 Å². The van der Waals surface area contributed by atoms with E-state index in [0.29, 0.717) is 11.5 Å². The van der Waals surface area contributed by atoms with Crippen LogP contribution in [0, 0.1) is 6.92 Å². The van der Waals surface area contributed by atoms with Crippen molar-refractivity contribution in [1.82, 2.24) is 4.98 Å². The number of pyridine rings is 1. The van der Waals surface area contributed by atoms with Gasteiger partial charge < -0.3 is 5.73 Å². The predicted molar refractivity (Wildman–Crippen MR) is 64.8 cm³/mol. The van der Waals surface area contributed by atoms with E-state index in [1.54, 1.807) is 18.3 Å². The summed E-state index contributed by atoms with van der Waals surface area (Å²) in [6, 6.07) is 5.35. The second-order valence-corrected chi connectivity index (χ2v) is 4.19. The molecule has 0 saturated carbocycles. The molecule has 1 heterocycles. The minimum atomic E-state index is -2.65. The number of benzene rings is 1. The Balaban J connectivity index is 2.67. The Morgan fingerprint density at radius 3 is 2.81 bits per heavy atom. The number of fused-ring (bicyclic) bond motifs is 1. The maximum Gasteiger partial charge on any atom is 0.222 e. The molecule has 0 aliphatic rings. The van der Waals surface area contributed by atoms with Gasteiger partial charge in [-0.05, 0) is 36.1 Å². The lowest BCUT2D eigenvalue weighted by atomic mass is 10.1. The van der Waals surface area contributed by atoms with Crippen LogP contribution in [-0.4, -0.2) is 13.4 Å². The Morgan fingerprint density at radius 1 is 1.38 bits per heavy atom. The minimum Gasteiger partial charge on any atom is -0.383 e. The van der Waals surface area contributed by atoms with E-state index in [1.165, 1.54) is 0 Å². The van der Waals surface area contributed by atoms with E-state index in [2.05, 4.69) is 9.71 Å². The molecule has 0 fully saturated rings. The number of anilines is 2. The van der Waals surface area contributed by atoms with E-state index >= 15 is 0 Å². The molecule has 2 aromatic rings. The van der Waals surface area contributed by atoms with Crippen LogP contribution in [0.3, 0.4) is 0 Å². The Labute approximate surface area is 94.4 Å². The summed E-state index contributed by atoms with van der Waals surface area (Å²) in [4.78, 5) is 3.98. The molecule has 0 amide bonds. The highest BCUT2D eigenvalue weighted by atomic mass is 32.2. The molecule has 1 aromatic heterocycles. The van der Waals surface area contributed by atoms with Crippen LogP contribution < -0.4 is 10.5 Å². The Hall–Kier alpha value is -1.82. The molecule has 0 radical (unpaired) electrons. The van der Waals surface area contributed by atoms with Crippen LogP contribution in [0.25, 0.3) is 10.8 Å². The molecule has 0 bridgehead atoms. The molecule has 2 rings (SSSR count). The normalized spacial score (nSPS) is 10.9. The summed E-state index contributed by atoms with van der Waals surface area (Å²) in [6.07, 6.45) is 1.59. The molecule has 3 N–H and O–H groups in total. The largest absolute Gasteiger partial charge is 0.383 e. The quantitative estimate of drug-likeness (QED) is 0.682. The third-order valence-electron chi connectivity index (χ3n) is 2.35. The monoisotopic (exact) mass is 237 g/mol. The highest BCUT2D eigenvalue weighted by Crippen LogP contribution is 2.25. The number of nitrogens with one attached hydrogen (secondary N) is 1. The molecule has 1 aromatic carbocycles. The van der Waals surface area contributed by atoms with E-state index in [0.717, 1.165) is 16.3 Å². The molecule has 16 heavy (non-hydrogen) atoms. The third-order valence-corrected chi connectivity index (χ3v) is 2.78. The molecule has 0 saturated heterocycles. The molecular formula is C10H11N3O2S. The summed E-state index contributed by atoms with van der Waals surface area (Å²) in [5.41, 5.74) is 7.10. The van der Waals surface area contributed by atoms with E-state index in [4.69, 9.17) is 5.73 Å². The van der Waals surface area contributed by atoms with E-state index in [1.807, 2.05) is 13.0 Å². The lowest BCUT2D eigenvalue weighted by molar-refractivity contribution is 0.619. The van der Waals surface area contributed by atoms with Crippen molar-refractivity contribution in [1.29, 1.82) is 0 Å². The number of aromatic nitrogens is 1. The number of hydrogen-bond donors (Lipinski definition) is 3. The van der Waals surface area contributed by atoms with Gasteiger partial charge in [-0.15, -0.1) is 0 Å². The smallest absolute Gasteiger partial charge is 0.222 e.